The highest BCUT2D eigenvalue weighted by Gasteiger charge is 2.20. The molecule has 0 atom stereocenters. The predicted octanol–water partition coefficient (Wildman–Crippen LogP) is 2.26. The molecule has 132 valence electrons. The van der Waals surface area contributed by atoms with Crippen molar-refractivity contribution in [1.82, 2.24) is 5.32 Å². The Morgan fingerprint density at radius 3 is 2.58 bits per heavy atom. The fourth-order valence-electron chi connectivity index (χ4n) is 2.75. The summed E-state index contributed by atoms with van der Waals surface area (Å²) in [7, 11) is 1.47. The molecule has 1 heterocycles. The Morgan fingerprint density at radius 1 is 1.25 bits per heavy atom. The molecule has 1 aliphatic heterocycles. The standard InChI is InChI=1S/C18H27N3O3/c1-13(2)11-19-18(23)15-10-14(20-17(22)12-24-3)6-7-16(15)21-8-4-5-9-21/h6-7,10,13H,4-5,8-9,11-12H2,1-3H3,(H,19,23)(H,20,22). The Morgan fingerprint density at radius 2 is 1.96 bits per heavy atom. The van der Waals surface area contributed by atoms with Crippen molar-refractivity contribution in [3.8, 4) is 0 Å². The van der Waals surface area contributed by atoms with Crippen LogP contribution in [0.1, 0.15) is 37.0 Å². The molecule has 2 amide bonds. The fraction of sp³-hybridized carbons (Fsp3) is 0.556. The summed E-state index contributed by atoms with van der Waals surface area (Å²) in [6.45, 7) is 6.65. The van der Waals surface area contributed by atoms with Gasteiger partial charge < -0.3 is 20.3 Å². The number of ether oxygens (including phenoxy) is 1. The quantitative estimate of drug-likeness (QED) is 0.803. The van der Waals surface area contributed by atoms with Crippen LogP contribution in [0.5, 0.6) is 0 Å². The molecular formula is C18H27N3O3. The number of amides is 2. The molecule has 1 aromatic carbocycles. The molecule has 0 unspecified atom stereocenters. The Hall–Kier alpha value is -2.08. The van der Waals surface area contributed by atoms with Gasteiger partial charge in [0.2, 0.25) is 5.91 Å². The second-order valence-corrected chi connectivity index (χ2v) is 6.51. The third kappa shape index (κ3) is 4.96. The third-order valence-corrected chi connectivity index (χ3v) is 3.92. The first-order valence-corrected chi connectivity index (χ1v) is 8.47. The number of rotatable bonds is 7. The number of methoxy groups -OCH3 is 1. The number of nitrogens with one attached hydrogen (secondary N) is 2. The van der Waals surface area contributed by atoms with Crippen LogP contribution >= 0.6 is 0 Å². The zero-order chi connectivity index (χ0) is 17.5. The monoisotopic (exact) mass is 333 g/mol. The largest absolute Gasteiger partial charge is 0.375 e. The average molecular weight is 333 g/mol. The van der Waals surface area contributed by atoms with Crippen LogP contribution < -0.4 is 15.5 Å². The molecule has 0 spiro atoms. The molecule has 0 radical (unpaired) electrons. The minimum absolute atomic E-state index is 0.0112. The van der Waals surface area contributed by atoms with Crippen molar-refractivity contribution in [1.29, 1.82) is 0 Å². The Balaban J connectivity index is 2.23. The molecule has 2 rings (SSSR count). The summed E-state index contributed by atoms with van der Waals surface area (Å²) >= 11 is 0. The molecule has 1 aliphatic rings. The zero-order valence-corrected chi connectivity index (χ0v) is 14.7. The first-order chi connectivity index (χ1) is 11.5. The van der Waals surface area contributed by atoms with Gasteiger partial charge in [0.15, 0.2) is 0 Å². The lowest BCUT2D eigenvalue weighted by molar-refractivity contribution is -0.119. The molecule has 6 nitrogen and oxygen atoms in total. The topological polar surface area (TPSA) is 70.7 Å². The second kappa shape index (κ2) is 8.68. The first-order valence-electron chi connectivity index (χ1n) is 8.47. The van der Waals surface area contributed by atoms with E-state index in [2.05, 4.69) is 29.4 Å². The van der Waals surface area contributed by atoms with Crippen LogP contribution in [0, 0.1) is 5.92 Å². The van der Waals surface area contributed by atoms with Crippen LogP contribution in [0.15, 0.2) is 18.2 Å². The molecule has 0 aliphatic carbocycles. The van der Waals surface area contributed by atoms with Crippen molar-refractivity contribution in [2.75, 3.05) is 43.6 Å². The Kier molecular flexibility index (Phi) is 6.61. The lowest BCUT2D eigenvalue weighted by Crippen LogP contribution is -2.30. The Bertz CT molecular complexity index is 581. The molecule has 1 saturated heterocycles. The fourth-order valence-corrected chi connectivity index (χ4v) is 2.75. The zero-order valence-electron chi connectivity index (χ0n) is 14.7. The van der Waals surface area contributed by atoms with Crippen molar-refractivity contribution in [3.63, 3.8) is 0 Å². The van der Waals surface area contributed by atoms with Crippen LogP contribution in [0.3, 0.4) is 0 Å². The molecule has 0 aromatic heterocycles. The van der Waals surface area contributed by atoms with Crippen molar-refractivity contribution in [2.45, 2.75) is 26.7 Å². The number of carbonyl (C=O) groups is 2. The number of hydrogen-bond acceptors (Lipinski definition) is 4. The maximum atomic E-state index is 12.6. The highest BCUT2D eigenvalue weighted by molar-refractivity contribution is 6.02. The lowest BCUT2D eigenvalue weighted by atomic mass is 10.1. The van der Waals surface area contributed by atoms with Gasteiger partial charge in [0.1, 0.15) is 6.61 Å². The molecule has 0 saturated carbocycles. The molecule has 1 aromatic rings. The molecule has 1 fully saturated rings. The van der Waals surface area contributed by atoms with E-state index in [-0.39, 0.29) is 18.4 Å². The van der Waals surface area contributed by atoms with Gasteiger partial charge in [-0.2, -0.15) is 0 Å². The normalized spacial score (nSPS) is 14.1. The number of anilines is 2. The van der Waals surface area contributed by atoms with Crippen LogP contribution in [-0.2, 0) is 9.53 Å². The molecule has 24 heavy (non-hydrogen) atoms. The van der Waals surface area contributed by atoms with Gasteiger partial charge in [-0.1, -0.05) is 13.8 Å². The average Bonchev–Trinajstić information content (AvgIpc) is 3.07. The van der Waals surface area contributed by atoms with Crippen LogP contribution in [-0.4, -0.2) is 45.2 Å². The number of carbonyl (C=O) groups excluding carboxylic acids is 2. The highest BCUT2D eigenvalue weighted by Crippen LogP contribution is 2.27. The summed E-state index contributed by atoms with van der Waals surface area (Å²) < 4.78 is 4.82. The van der Waals surface area contributed by atoms with Gasteiger partial charge in [-0.05, 0) is 37.0 Å². The molecule has 2 N–H and O–H groups in total. The van der Waals surface area contributed by atoms with E-state index < -0.39 is 0 Å². The summed E-state index contributed by atoms with van der Waals surface area (Å²) in [6, 6.07) is 5.50. The van der Waals surface area contributed by atoms with Gasteiger partial charge in [0.25, 0.3) is 5.91 Å². The minimum Gasteiger partial charge on any atom is -0.375 e. The summed E-state index contributed by atoms with van der Waals surface area (Å²) in [4.78, 5) is 26.5. The van der Waals surface area contributed by atoms with Crippen molar-refractivity contribution in [3.05, 3.63) is 23.8 Å². The summed E-state index contributed by atoms with van der Waals surface area (Å²) in [5.41, 5.74) is 2.14. The van der Waals surface area contributed by atoms with Gasteiger partial charge in [0, 0.05) is 38.1 Å². The number of benzene rings is 1. The van der Waals surface area contributed by atoms with E-state index in [1.54, 1.807) is 6.07 Å². The maximum Gasteiger partial charge on any atom is 0.253 e. The van der Waals surface area contributed by atoms with Crippen LogP contribution in [0.25, 0.3) is 0 Å². The van der Waals surface area contributed by atoms with Gasteiger partial charge in [0.05, 0.1) is 5.56 Å². The molecule has 6 heteroatoms. The Labute approximate surface area is 143 Å². The highest BCUT2D eigenvalue weighted by atomic mass is 16.5. The van der Waals surface area contributed by atoms with Gasteiger partial charge in [-0.15, -0.1) is 0 Å². The van der Waals surface area contributed by atoms with Gasteiger partial charge in [-0.25, -0.2) is 0 Å². The van der Waals surface area contributed by atoms with E-state index in [1.807, 2.05) is 12.1 Å². The number of hydrogen-bond donors (Lipinski definition) is 2. The van der Waals surface area contributed by atoms with Crippen molar-refractivity contribution < 1.29 is 14.3 Å². The maximum absolute atomic E-state index is 12.6. The van der Waals surface area contributed by atoms with E-state index in [0.29, 0.717) is 23.7 Å². The van der Waals surface area contributed by atoms with Gasteiger partial charge in [-0.3, -0.25) is 9.59 Å². The van der Waals surface area contributed by atoms with E-state index in [1.165, 1.54) is 7.11 Å². The minimum atomic E-state index is -0.236. The number of nitrogens with zero attached hydrogens (tertiary/aromatic N) is 1. The smallest absolute Gasteiger partial charge is 0.253 e. The van der Waals surface area contributed by atoms with E-state index in [0.717, 1.165) is 31.6 Å². The second-order valence-electron chi connectivity index (χ2n) is 6.51. The third-order valence-electron chi connectivity index (χ3n) is 3.92. The van der Waals surface area contributed by atoms with Crippen LogP contribution in [0.4, 0.5) is 11.4 Å². The molecule has 0 bridgehead atoms. The van der Waals surface area contributed by atoms with Crippen LogP contribution in [0.2, 0.25) is 0 Å². The lowest BCUT2D eigenvalue weighted by Gasteiger charge is -2.22. The summed E-state index contributed by atoms with van der Waals surface area (Å²) in [5.74, 6) is 0.0437. The summed E-state index contributed by atoms with van der Waals surface area (Å²) in [5, 5.41) is 5.72. The summed E-state index contributed by atoms with van der Waals surface area (Å²) in [6.07, 6.45) is 2.28. The van der Waals surface area contributed by atoms with Gasteiger partial charge >= 0.3 is 0 Å². The SMILES string of the molecule is COCC(=O)Nc1ccc(N2CCCC2)c(C(=O)NCC(C)C)c1. The predicted molar refractivity (Wildman–Crippen MR) is 95.6 cm³/mol. The first kappa shape index (κ1) is 18.3. The molecular weight excluding hydrogens is 306 g/mol. The van der Waals surface area contributed by atoms with Crippen molar-refractivity contribution in [2.24, 2.45) is 5.92 Å². The van der Waals surface area contributed by atoms with Crippen molar-refractivity contribution >= 4 is 23.2 Å². The van der Waals surface area contributed by atoms with E-state index in [9.17, 15) is 9.59 Å². The van der Waals surface area contributed by atoms with E-state index in [4.69, 9.17) is 4.74 Å². The van der Waals surface area contributed by atoms with E-state index >= 15 is 0 Å².